The Bertz CT molecular complexity index is 452. The van der Waals surface area contributed by atoms with E-state index in [0.29, 0.717) is 10.6 Å². The first kappa shape index (κ1) is 12.5. The molecule has 0 aliphatic carbocycles. The zero-order valence-electron chi connectivity index (χ0n) is 8.79. The SMILES string of the molecule is COC(=O)Cc1c(CN)ccc(Cl)c1C#N. The number of nitrogens with zero attached hydrogens (tertiary/aromatic N) is 1. The maximum absolute atomic E-state index is 11.2. The van der Waals surface area contributed by atoms with Crippen molar-refractivity contribution in [3.8, 4) is 6.07 Å². The van der Waals surface area contributed by atoms with Gasteiger partial charge in [-0.25, -0.2) is 0 Å². The van der Waals surface area contributed by atoms with Crippen LogP contribution in [0.1, 0.15) is 16.7 Å². The summed E-state index contributed by atoms with van der Waals surface area (Å²) in [6, 6.07) is 5.28. The summed E-state index contributed by atoms with van der Waals surface area (Å²) in [7, 11) is 1.29. The van der Waals surface area contributed by atoms with Crippen LogP contribution in [-0.4, -0.2) is 13.1 Å². The van der Waals surface area contributed by atoms with E-state index in [4.69, 9.17) is 22.6 Å². The van der Waals surface area contributed by atoms with E-state index in [1.807, 2.05) is 6.07 Å². The van der Waals surface area contributed by atoms with E-state index in [1.54, 1.807) is 12.1 Å². The second kappa shape index (κ2) is 5.50. The van der Waals surface area contributed by atoms with Gasteiger partial charge in [0, 0.05) is 6.54 Å². The lowest BCUT2D eigenvalue weighted by molar-refractivity contribution is -0.139. The van der Waals surface area contributed by atoms with Gasteiger partial charge in [-0.15, -0.1) is 0 Å². The van der Waals surface area contributed by atoms with E-state index in [1.165, 1.54) is 7.11 Å². The van der Waals surface area contributed by atoms with Crippen LogP contribution in [0, 0.1) is 11.3 Å². The van der Waals surface area contributed by atoms with Crippen molar-refractivity contribution in [1.29, 1.82) is 5.26 Å². The molecule has 0 radical (unpaired) electrons. The van der Waals surface area contributed by atoms with Crippen LogP contribution in [0.5, 0.6) is 0 Å². The second-order valence-corrected chi connectivity index (χ2v) is 3.54. The zero-order valence-corrected chi connectivity index (χ0v) is 9.54. The summed E-state index contributed by atoms with van der Waals surface area (Å²) < 4.78 is 4.56. The van der Waals surface area contributed by atoms with Gasteiger partial charge < -0.3 is 10.5 Å². The van der Waals surface area contributed by atoms with Gasteiger partial charge in [-0.3, -0.25) is 4.79 Å². The van der Waals surface area contributed by atoms with Gasteiger partial charge in [0.15, 0.2) is 0 Å². The van der Waals surface area contributed by atoms with Gasteiger partial charge in [-0.2, -0.15) is 5.26 Å². The molecule has 2 N–H and O–H groups in total. The van der Waals surface area contributed by atoms with E-state index in [0.717, 1.165) is 5.56 Å². The highest BCUT2D eigenvalue weighted by molar-refractivity contribution is 6.31. The van der Waals surface area contributed by atoms with Gasteiger partial charge in [0.2, 0.25) is 0 Å². The molecular formula is C11H11ClN2O2. The smallest absolute Gasteiger partial charge is 0.310 e. The summed E-state index contributed by atoms with van der Waals surface area (Å²) in [6.45, 7) is 0.248. The summed E-state index contributed by atoms with van der Waals surface area (Å²) in [6.07, 6.45) is 0.00644. The molecule has 5 heteroatoms. The van der Waals surface area contributed by atoms with Crippen LogP contribution in [0.2, 0.25) is 5.02 Å². The summed E-state index contributed by atoms with van der Waals surface area (Å²) in [5.74, 6) is -0.423. The van der Waals surface area contributed by atoms with Crippen LogP contribution in [-0.2, 0) is 22.5 Å². The molecule has 1 aromatic carbocycles. The van der Waals surface area contributed by atoms with E-state index in [-0.39, 0.29) is 18.5 Å². The molecule has 0 bridgehead atoms. The molecule has 0 fully saturated rings. The monoisotopic (exact) mass is 238 g/mol. The quantitative estimate of drug-likeness (QED) is 0.808. The number of rotatable bonds is 3. The molecule has 0 saturated carbocycles. The van der Waals surface area contributed by atoms with Gasteiger partial charge in [-0.1, -0.05) is 17.7 Å². The summed E-state index contributed by atoms with van der Waals surface area (Å²) in [4.78, 5) is 11.2. The molecule has 4 nitrogen and oxygen atoms in total. The first-order valence-electron chi connectivity index (χ1n) is 4.61. The topological polar surface area (TPSA) is 76.1 Å². The summed E-state index contributed by atoms with van der Waals surface area (Å²) in [5, 5.41) is 9.30. The maximum Gasteiger partial charge on any atom is 0.310 e. The fourth-order valence-electron chi connectivity index (χ4n) is 1.39. The Morgan fingerprint density at radius 3 is 2.81 bits per heavy atom. The van der Waals surface area contributed by atoms with Crippen molar-refractivity contribution in [1.82, 2.24) is 0 Å². The number of carbonyl (C=O) groups excluding carboxylic acids is 1. The average Bonchev–Trinajstić information content (AvgIpc) is 2.29. The number of nitriles is 1. The van der Waals surface area contributed by atoms with Crippen molar-refractivity contribution < 1.29 is 9.53 Å². The molecule has 0 unspecified atom stereocenters. The van der Waals surface area contributed by atoms with E-state index in [9.17, 15) is 4.79 Å². The van der Waals surface area contributed by atoms with Crippen molar-refractivity contribution in [3.05, 3.63) is 33.8 Å². The molecule has 1 rings (SSSR count). The molecule has 16 heavy (non-hydrogen) atoms. The Morgan fingerprint density at radius 2 is 2.31 bits per heavy atom. The minimum Gasteiger partial charge on any atom is -0.469 e. The maximum atomic E-state index is 11.2. The third-order valence-electron chi connectivity index (χ3n) is 2.24. The first-order chi connectivity index (χ1) is 7.63. The minimum atomic E-state index is -0.423. The first-order valence-corrected chi connectivity index (χ1v) is 4.99. The number of hydrogen-bond acceptors (Lipinski definition) is 4. The Labute approximate surface area is 98.6 Å². The fourth-order valence-corrected chi connectivity index (χ4v) is 1.61. The second-order valence-electron chi connectivity index (χ2n) is 3.13. The number of esters is 1. The Morgan fingerprint density at radius 1 is 1.62 bits per heavy atom. The zero-order chi connectivity index (χ0) is 12.1. The van der Waals surface area contributed by atoms with Gasteiger partial charge in [0.25, 0.3) is 0 Å². The number of halogens is 1. The Balaban J connectivity index is 3.26. The third kappa shape index (κ3) is 2.51. The highest BCUT2D eigenvalue weighted by atomic mass is 35.5. The molecule has 0 saturated heterocycles. The highest BCUT2D eigenvalue weighted by Gasteiger charge is 2.15. The van der Waals surface area contributed by atoms with Crippen LogP contribution in [0.3, 0.4) is 0 Å². The Hall–Kier alpha value is -1.57. The lowest BCUT2D eigenvalue weighted by atomic mass is 9.99. The Kier molecular flexibility index (Phi) is 4.29. The fraction of sp³-hybridized carbons (Fsp3) is 0.273. The molecule has 0 aromatic heterocycles. The largest absolute Gasteiger partial charge is 0.469 e. The number of methoxy groups -OCH3 is 1. The molecule has 0 atom stereocenters. The number of ether oxygens (including phenoxy) is 1. The predicted molar refractivity (Wildman–Crippen MR) is 59.8 cm³/mol. The molecule has 0 aliphatic rings. The van der Waals surface area contributed by atoms with Gasteiger partial charge in [0.1, 0.15) is 6.07 Å². The van der Waals surface area contributed by atoms with Crippen LogP contribution in [0.25, 0.3) is 0 Å². The number of nitrogens with two attached hydrogens (primary N) is 1. The van der Waals surface area contributed by atoms with Crippen molar-refractivity contribution >= 4 is 17.6 Å². The van der Waals surface area contributed by atoms with Gasteiger partial charge >= 0.3 is 5.97 Å². The highest BCUT2D eigenvalue weighted by Crippen LogP contribution is 2.23. The molecule has 0 aliphatic heterocycles. The number of hydrogen-bond donors (Lipinski definition) is 1. The van der Waals surface area contributed by atoms with Crippen molar-refractivity contribution in [2.24, 2.45) is 5.73 Å². The third-order valence-corrected chi connectivity index (χ3v) is 2.55. The van der Waals surface area contributed by atoms with Crippen LogP contribution in [0.4, 0.5) is 0 Å². The predicted octanol–water partition coefficient (Wildman–Crippen LogP) is 1.39. The molecular weight excluding hydrogens is 228 g/mol. The molecule has 0 amide bonds. The summed E-state index contributed by atoms with van der Waals surface area (Å²) in [5.41, 5.74) is 7.10. The molecule has 1 aromatic rings. The van der Waals surface area contributed by atoms with Gasteiger partial charge in [0.05, 0.1) is 24.1 Å². The lowest BCUT2D eigenvalue weighted by Gasteiger charge is -2.09. The van der Waals surface area contributed by atoms with Gasteiger partial charge in [-0.05, 0) is 17.2 Å². The van der Waals surface area contributed by atoms with Crippen molar-refractivity contribution in [2.75, 3.05) is 7.11 Å². The van der Waals surface area contributed by atoms with Crippen molar-refractivity contribution in [3.63, 3.8) is 0 Å². The number of benzene rings is 1. The normalized spacial score (nSPS) is 9.62. The average molecular weight is 239 g/mol. The van der Waals surface area contributed by atoms with Crippen molar-refractivity contribution in [2.45, 2.75) is 13.0 Å². The lowest BCUT2D eigenvalue weighted by Crippen LogP contribution is -2.11. The molecule has 0 spiro atoms. The minimum absolute atomic E-state index is 0.00644. The standard InChI is InChI=1S/C11H11ClN2O2/c1-16-11(15)4-8-7(5-13)2-3-10(12)9(8)6-14/h2-3H,4-5,13H2,1H3. The van der Waals surface area contributed by atoms with E-state index < -0.39 is 5.97 Å². The van der Waals surface area contributed by atoms with E-state index in [2.05, 4.69) is 4.74 Å². The molecule has 0 heterocycles. The number of carbonyl (C=O) groups is 1. The van der Waals surface area contributed by atoms with Crippen LogP contribution in [0.15, 0.2) is 12.1 Å². The van der Waals surface area contributed by atoms with E-state index >= 15 is 0 Å². The van der Waals surface area contributed by atoms with Crippen LogP contribution < -0.4 is 5.73 Å². The van der Waals surface area contributed by atoms with Crippen LogP contribution >= 0.6 is 11.6 Å². The summed E-state index contributed by atoms with van der Waals surface area (Å²) >= 11 is 5.87. The molecule has 84 valence electrons.